The van der Waals surface area contributed by atoms with E-state index in [2.05, 4.69) is 0 Å². The van der Waals surface area contributed by atoms with E-state index in [1.54, 1.807) is 19.9 Å². The molecule has 0 heterocycles. The first kappa shape index (κ1) is 14.5. The van der Waals surface area contributed by atoms with E-state index >= 15 is 0 Å². The fraction of sp³-hybridized carbons (Fsp3) is 0.250. The summed E-state index contributed by atoms with van der Waals surface area (Å²) in [6, 6.07) is 6.78. The van der Waals surface area contributed by atoms with E-state index < -0.39 is 17.7 Å². The Morgan fingerprint density at radius 2 is 1.75 bits per heavy atom. The monoisotopic (exact) mass is 277 g/mol. The Balaban J connectivity index is 2.49. The second kappa shape index (κ2) is 5.59. The number of benzene rings is 2. The number of aryl methyl sites for hydroxylation is 2. The zero-order valence-corrected chi connectivity index (χ0v) is 11.7. The summed E-state index contributed by atoms with van der Waals surface area (Å²) in [5.41, 5.74) is 8.13. The van der Waals surface area contributed by atoms with Gasteiger partial charge in [-0.2, -0.15) is 0 Å². The highest BCUT2D eigenvalue weighted by atomic mass is 19.1. The van der Waals surface area contributed by atoms with Gasteiger partial charge in [0.25, 0.3) is 0 Å². The maximum atomic E-state index is 14.1. The van der Waals surface area contributed by atoms with E-state index in [1.165, 1.54) is 25.3 Å². The van der Waals surface area contributed by atoms with Gasteiger partial charge in [-0.1, -0.05) is 12.1 Å². The van der Waals surface area contributed by atoms with Crippen molar-refractivity contribution in [2.75, 3.05) is 7.11 Å². The normalized spacial score (nSPS) is 12.3. The lowest BCUT2D eigenvalue weighted by Crippen LogP contribution is -2.17. The average Bonchev–Trinajstić information content (AvgIpc) is 2.37. The number of ether oxygens (including phenoxy) is 1. The molecule has 0 bridgehead atoms. The summed E-state index contributed by atoms with van der Waals surface area (Å²) in [4.78, 5) is 0. The maximum Gasteiger partial charge on any atom is 0.132 e. The van der Waals surface area contributed by atoms with E-state index in [9.17, 15) is 8.78 Å². The Bertz CT molecular complexity index is 617. The highest BCUT2D eigenvalue weighted by Gasteiger charge is 2.20. The Hall–Kier alpha value is -1.94. The molecule has 1 atom stereocenters. The molecule has 0 fully saturated rings. The molecule has 2 nitrogen and oxygen atoms in total. The first-order chi connectivity index (χ1) is 9.43. The van der Waals surface area contributed by atoms with Crippen molar-refractivity contribution in [3.8, 4) is 5.75 Å². The predicted octanol–water partition coefficient (Wildman–Crippen LogP) is 3.64. The van der Waals surface area contributed by atoms with Crippen molar-refractivity contribution in [3.05, 3.63) is 64.2 Å². The summed E-state index contributed by atoms with van der Waals surface area (Å²) in [7, 11) is 1.46. The van der Waals surface area contributed by atoms with E-state index in [-0.39, 0.29) is 5.56 Å². The van der Waals surface area contributed by atoms with Crippen LogP contribution in [0.4, 0.5) is 8.78 Å². The van der Waals surface area contributed by atoms with E-state index in [0.717, 1.165) is 5.56 Å². The predicted molar refractivity (Wildman–Crippen MR) is 74.9 cm³/mol. The van der Waals surface area contributed by atoms with Gasteiger partial charge in [-0.05, 0) is 37.1 Å². The molecule has 0 amide bonds. The van der Waals surface area contributed by atoms with Gasteiger partial charge in [0.1, 0.15) is 17.4 Å². The Morgan fingerprint density at radius 3 is 2.30 bits per heavy atom. The molecule has 2 aromatic carbocycles. The van der Waals surface area contributed by atoms with E-state index in [1.807, 2.05) is 6.07 Å². The molecular weight excluding hydrogens is 260 g/mol. The van der Waals surface area contributed by atoms with Crippen molar-refractivity contribution in [3.63, 3.8) is 0 Å². The molecular formula is C16H17F2NO. The summed E-state index contributed by atoms with van der Waals surface area (Å²) in [6.45, 7) is 3.58. The lowest BCUT2D eigenvalue weighted by atomic mass is 9.93. The third-order valence-corrected chi connectivity index (χ3v) is 3.33. The smallest absolute Gasteiger partial charge is 0.132 e. The van der Waals surface area contributed by atoms with E-state index in [0.29, 0.717) is 16.9 Å². The fourth-order valence-electron chi connectivity index (χ4n) is 2.36. The number of rotatable bonds is 3. The van der Waals surface area contributed by atoms with Crippen LogP contribution in [0, 0.1) is 25.5 Å². The van der Waals surface area contributed by atoms with Crippen LogP contribution in [0.25, 0.3) is 0 Å². The first-order valence-corrected chi connectivity index (χ1v) is 6.29. The molecule has 4 heteroatoms. The van der Waals surface area contributed by atoms with Crippen molar-refractivity contribution in [1.82, 2.24) is 0 Å². The summed E-state index contributed by atoms with van der Waals surface area (Å²) in [5, 5.41) is 0. The molecule has 2 N–H and O–H groups in total. The lowest BCUT2D eigenvalue weighted by Gasteiger charge is -2.18. The molecule has 0 aliphatic carbocycles. The standard InChI is InChI=1S/C16H17F2NO/c1-9-6-10(2)15(14(18)7-9)16(19)12-5-4-11(20-3)8-13(12)17/h4-8,16H,19H2,1-3H3. The second-order valence-electron chi connectivity index (χ2n) is 4.84. The van der Waals surface area contributed by atoms with Crippen molar-refractivity contribution in [1.29, 1.82) is 0 Å². The van der Waals surface area contributed by atoms with E-state index in [4.69, 9.17) is 10.5 Å². The molecule has 2 aromatic rings. The number of methoxy groups -OCH3 is 1. The van der Waals surface area contributed by atoms with Gasteiger partial charge in [0.05, 0.1) is 13.2 Å². The van der Waals surface area contributed by atoms with Crippen LogP contribution >= 0.6 is 0 Å². The van der Waals surface area contributed by atoms with Crippen LogP contribution in [0.1, 0.15) is 28.3 Å². The van der Waals surface area contributed by atoms with Gasteiger partial charge in [-0.25, -0.2) is 8.78 Å². The quantitative estimate of drug-likeness (QED) is 0.929. The molecule has 0 spiro atoms. The van der Waals surface area contributed by atoms with Crippen LogP contribution < -0.4 is 10.5 Å². The third-order valence-electron chi connectivity index (χ3n) is 3.33. The first-order valence-electron chi connectivity index (χ1n) is 6.29. The van der Waals surface area contributed by atoms with Crippen molar-refractivity contribution in [2.45, 2.75) is 19.9 Å². The van der Waals surface area contributed by atoms with Gasteiger partial charge in [-0.3, -0.25) is 0 Å². The largest absolute Gasteiger partial charge is 0.497 e. The summed E-state index contributed by atoms with van der Waals surface area (Å²) >= 11 is 0. The highest BCUT2D eigenvalue weighted by molar-refractivity contribution is 5.41. The van der Waals surface area contributed by atoms with Crippen LogP contribution in [-0.4, -0.2) is 7.11 Å². The number of halogens is 2. The third kappa shape index (κ3) is 2.65. The maximum absolute atomic E-state index is 14.1. The molecule has 0 aliphatic rings. The highest BCUT2D eigenvalue weighted by Crippen LogP contribution is 2.29. The topological polar surface area (TPSA) is 35.2 Å². The van der Waals surface area contributed by atoms with Gasteiger partial charge in [0.2, 0.25) is 0 Å². The van der Waals surface area contributed by atoms with Gasteiger partial charge in [-0.15, -0.1) is 0 Å². The minimum atomic E-state index is -0.846. The van der Waals surface area contributed by atoms with Crippen molar-refractivity contribution >= 4 is 0 Å². The summed E-state index contributed by atoms with van der Waals surface area (Å²) < 4.78 is 33.1. The van der Waals surface area contributed by atoms with Crippen LogP contribution in [-0.2, 0) is 0 Å². The number of hydrogen-bond acceptors (Lipinski definition) is 2. The minimum Gasteiger partial charge on any atom is -0.497 e. The number of hydrogen-bond donors (Lipinski definition) is 1. The molecule has 0 saturated carbocycles. The van der Waals surface area contributed by atoms with Crippen LogP contribution in [0.3, 0.4) is 0 Å². The molecule has 0 radical (unpaired) electrons. The van der Waals surface area contributed by atoms with Crippen LogP contribution in [0.5, 0.6) is 5.75 Å². The Morgan fingerprint density at radius 1 is 1.05 bits per heavy atom. The van der Waals surface area contributed by atoms with Crippen LogP contribution in [0.15, 0.2) is 30.3 Å². The number of nitrogens with two attached hydrogens (primary N) is 1. The zero-order chi connectivity index (χ0) is 14.9. The molecule has 1 unspecified atom stereocenters. The summed E-state index contributed by atoms with van der Waals surface area (Å²) in [5.74, 6) is -0.513. The Kier molecular flexibility index (Phi) is 4.04. The van der Waals surface area contributed by atoms with Crippen molar-refractivity contribution < 1.29 is 13.5 Å². The van der Waals surface area contributed by atoms with Crippen molar-refractivity contribution in [2.24, 2.45) is 5.73 Å². The lowest BCUT2D eigenvalue weighted by molar-refractivity contribution is 0.410. The van der Waals surface area contributed by atoms with Crippen LogP contribution in [0.2, 0.25) is 0 Å². The molecule has 20 heavy (non-hydrogen) atoms. The molecule has 106 valence electrons. The fourth-order valence-corrected chi connectivity index (χ4v) is 2.36. The van der Waals surface area contributed by atoms with Gasteiger partial charge < -0.3 is 10.5 Å². The van der Waals surface area contributed by atoms with Gasteiger partial charge in [0, 0.05) is 17.2 Å². The average molecular weight is 277 g/mol. The van der Waals surface area contributed by atoms with Gasteiger partial charge >= 0.3 is 0 Å². The molecule has 2 rings (SSSR count). The zero-order valence-electron chi connectivity index (χ0n) is 11.7. The van der Waals surface area contributed by atoms with Gasteiger partial charge in [0.15, 0.2) is 0 Å². The SMILES string of the molecule is COc1ccc(C(N)c2c(C)cc(C)cc2F)c(F)c1. The second-order valence-corrected chi connectivity index (χ2v) is 4.84. The molecule has 0 aromatic heterocycles. The summed E-state index contributed by atoms with van der Waals surface area (Å²) in [6.07, 6.45) is 0. The molecule has 0 aliphatic heterocycles. The minimum absolute atomic E-state index is 0.247. The molecule has 0 saturated heterocycles. The Labute approximate surface area is 117 Å².